The number of hydrogen-bond donors (Lipinski definition) is 2. The first-order valence-corrected chi connectivity index (χ1v) is 7.99. The number of amides is 2. The van der Waals surface area contributed by atoms with Crippen molar-refractivity contribution in [1.82, 2.24) is 5.32 Å². The normalized spacial score (nSPS) is 11.6. The van der Waals surface area contributed by atoms with Crippen LogP contribution in [0.4, 0.5) is 15.3 Å². The molecule has 0 unspecified atom stereocenters. The van der Waals surface area contributed by atoms with E-state index in [-0.39, 0.29) is 6.54 Å². The van der Waals surface area contributed by atoms with Gasteiger partial charge in [0.2, 0.25) is 0 Å². The van der Waals surface area contributed by atoms with Crippen LogP contribution in [0.25, 0.3) is 0 Å². The van der Waals surface area contributed by atoms with Crippen LogP contribution in [0.5, 0.6) is 0 Å². The fourth-order valence-electron chi connectivity index (χ4n) is 1.73. The number of hydrogen-bond acceptors (Lipinski definition) is 4. The van der Waals surface area contributed by atoms with Gasteiger partial charge in [0.05, 0.1) is 0 Å². The SMILES string of the molecule is CC(C)(C)OC(=O)NCc1cc(Cl)ccc1NC(=O)OC(C)(C)C. The second-order valence-electron chi connectivity index (χ2n) is 7.28. The van der Waals surface area contributed by atoms with E-state index >= 15 is 0 Å². The molecule has 134 valence electrons. The molecule has 0 spiro atoms. The predicted molar refractivity (Wildman–Crippen MR) is 94.4 cm³/mol. The van der Waals surface area contributed by atoms with Gasteiger partial charge in [0, 0.05) is 17.3 Å². The lowest BCUT2D eigenvalue weighted by Gasteiger charge is -2.21. The number of rotatable bonds is 3. The zero-order valence-corrected chi connectivity index (χ0v) is 15.7. The third-order valence-corrected chi connectivity index (χ3v) is 2.76. The number of carbonyl (C=O) groups excluding carboxylic acids is 2. The molecule has 0 aliphatic carbocycles. The molecule has 0 bridgehead atoms. The highest BCUT2D eigenvalue weighted by molar-refractivity contribution is 6.30. The summed E-state index contributed by atoms with van der Waals surface area (Å²) in [4.78, 5) is 23.7. The van der Waals surface area contributed by atoms with Crippen molar-refractivity contribution in [2.24, 2.45) is 0 Å². The number of anilines is 1. The molecule has 0 fully saturated rings. The first kappa shape index (κ1) is 20.1. The number of halogens is 1. The van der Waals surface area contributed by atoms with Gasteiger partial charge in [0.25, 0.3) is 0 Å². The Labute approximate surface area is 147 Å². The monoisotopic (exact) mass is 356 g/mol. The molecule has 24 heavy (non-hydrogen) atoms. The van der Waals surface area contributed by atoms with E-state index in [4.69, 9.17) is 21.1 Å². The van der Waals surface area contributed by atoms with E-state index in [2.05, 4.69) is 10.6 Å². The minimum Gasteiger partial charge on any atom is -0.444 e. The van der Waals surface area contributed by atoms with Gasteiger partial charge < -0.3 is 14.8 Å². The van der Waals surface area contributed by atoms with E-state index < -0.39 is 23.4 Å². The fraction of sp³-hybridized carbons (Fsp3) is 0.529. The summed E-state index contributed by atoms with van der Waals surface area (Å²) in [6, 6.07) is 4.95. The average Bonchev–Trinajstić information content (AvgIpc) is 2.34. The third-order valence-electron chi connectivity index (χ3n) is 2.52. The lowest BCUT2D eigenvalue weighted by atomic mass is 10.1. The van der Waals surface area contributed by atoms with Gasteiger partial charge in [-0.05, 0) is 65.3 Å². The molecule has 7 heteroatoms. The lowest BCUT2D eigenvalue weighted by molar-refractivity contribution is 0.0523. The second-order valence-corrected chi connectivity index (χ2v) is 7.72. The Balaban J connectivity index is 2.78. The van der Waals surface area contributed by atoms with Gasteiger partial charge in [0.1, 0.15) is 11.2 Å². The number of nitrogens with one attached hydrogen (secondary N) is 2. The van der Waals surface area contributed by atoms with Crippen LogP contribution in [0.1, 0.15) is 47.1 Å². The van der Waals surface area contributed by atoms with Crippen molar-refractivity contribution in [2.75, 3.05) is 5.32 Å². The highest BCUT2D eigenvalue weighted by atomic mass is 35.5. The molecule has 1 rings (SSSR count). The maximum absolute atomic E-state index is 11.9. The maximum atomic E-state index is 11.9. The molecular weight excluding hydrogens is 332 g/mol. The van der Waals surface area contributed by atoms with Crippen LogP contribution < -0.4 is 10.6 Å². The van der Waals surface area contributed by atoms with Crippen LogP contribution >= 0.6 is 11.6 Å². The summed E-state index contributed by atoms with van der Waals surface area (Å²) in [5.74, 6) is 0. The first-order valence-electron chi connectivity index (χ1n) is 7.61. The van der Waals surface area contributed by atoms with Crippen LogP contribution in [0, 0.1) is 0 Å². The van der Waals surface area contributed by atoms with E-state index in [1.807, 2.05) is 0 Å². The Morgan fingerprint density at radius 3 is 2.08 bits per heavy atom. The molecule has 0 radical (unpaired) electrons. The molecule has 1 aromatic rings. The van der Waals surface area contributed by atoms with Crippen molar-refractivity contribution in [3.63, 3.8) is 0 Å². The molecule has 0 aromatic heterocycles. The first-order chi connectivity index (χ1) is 10.9. The van der Waals surface area contributed by atoms with Crippen LogP contribution in [0.2, 0.25) is 5.02 Å². The van der Waals surface area contributed by atoms with E-state index in [9.17, 15) is 9.59 Å². The largest absolute Gasteiger partial charge is 0.444 e. The summed E-state index contributed by atoms with van der Waals surface area (Å²) in [7, 11) is 0. The molecular formula is C17H25ClN2O4. The highest BCUT2D eigenvalue weighted by Crippen LogP contribution is 2.22. The van der Waals surface area contributed by atoms with E-state index in [1.54, 1.807) is 59.7 Å². The van der Waals surface area contributed by atoms with Gasteiger partial charge in [-0.3, -0.25) is 5.32 Å². The topological polar surface area (TPSA) is 76.7 Å². The summed E-state index contributed by atoms with van der Waals surface area (Å²) < 4.78 is 10.4. The summed E-state index contributed by atoms with van der Waals surface area (Å²) in [5.41, 5.74) is -0.0505. The molecule has 0 saturated heterocycles. The van der Waals surface area contributed by atoms with E-state index in [1.165, 1.54) is 0 Å². The van der Waals surface area contributed by atoms with Crippen molar-refractivity contribution in [2.45, 2.75) is 59.3 Å². The third kappa shape index (κ3) is 8.06. The summed E-state index contributed by atoms with van der Waals surface area (Å²) >= 11 is 5.99. The van der Waals surface area contributed by atoms with E-state index in [0.717, 1.165) is 0 Å². The molecule has 0 atom stereocenters. The molecule has 0 aliphatic rings. The second kappa shape index (κ2) is 7.75. The van der Waals surface area contributed by atoms with Crippen LogP contribution in [0.3, 0.4) is 0 Å². The van der Waals surface area contributed by atoms with Crippen molar-refractivity contribution >= 4 is 29.5 Å². The standard InChI is InChI=1S/C17H25ClN2O4/c1-16(2,3)23-14(21)19-10-11-9-12(18)7-8-13(11)20-15(22)24-17(4,5)6/h7-9H,10H2,1-6H3,(H,19,21)(H,20,22). The van der Waals surface area contributed by atoms with Gasteiger partial charge in [0.15, 0.2) is 0 Å². The van der Waals surface area contributed by atoms with Crippen molar-refractivity contribution in [3.8, 4) is 0 Å². The zero-order chi connectivity index (χ0) is 18.5. The number of alkyl carbamates (subject to hydrolysis) is 1. The molecule has 2 N–H and O–H groups in total. The van der Waals surface area contributed by atoms with Crippen molar-refractivity contribution in [1.29, 1.82) is 0 Å². The maximum Gasteiger partial charge on any atom is 0.412 e. The summed E-state index contributed by atoms with van der Waals surface area (Å²) in [6.45, 7) is 10.8. The highest BCUT2D eigenvalue weighted by Gasteiger charge is 2.19. The van der Waals surface area contributed by atoms with E-state index in [0.29, 0.717) is 16.3 Å². The minimum atomic E-state index is -0.606. The van der Waals surface area contributed by atoms with Crippen molar-refractivity contribution < 1.29 is 19.1 Å². The molecule has 6 nitrogen and oxygen atoms in total. The molecule has 0 aliphatic heterocycles. The van der Waals surface area contributed by atoms with Crippen LogP contribution in [-0.2, 0) is 16.0 Å². The van der Waals surface area contributed by atoms with Gasteiger partial charge in [-0.25, -0.2) is 9.59 Å². The summed E-state index contributed by atoms with van der Waals surface area (Å²) in [5, 5.41) is 5.78. The van der Waals surface area contributed by atoms with Gasteiger partial charge in [-0.2, -0.15) is 0 Å². The predicted octanol–water partition coefficient (Wildman–Crippen LogP) is 4.71. The fourth-order valence-corrected chi connectivity index (χ4v) is 1.92. The Hall–Kier alpha value is -1.95. The average molecular weight is 357 g/mol. The quantitative estimate of drug-likeness (QED) is 0.822. The Bertz CT molecular complexity index is 604. The van der Waals surface area contributed by atoms with Gasteiger partial charge in [-0.15, -0.1) is 0 Å². The Kier molecular flexibility index (Phi) is 6.49. The number of ether oxygens (including phenoxy) is 2. The van der Waals surface area contributed by atoms with Crippen LogP contribution in [-0.4, -0.2) is 23.4 Å². The Morgan fingerprint density at radius 1 is 1.00 bits per heavy atom. The number of benzene rings is 1. The molecule has 0 heterocycles. The van der Waals surface area contributed by atoms with Gasteiger partial charge >= 0.3 is 12.2 Å². The number of carbonyl (C=O) groups is 2. The lowest BCUT2D eigenvalue weighted by Crippen LogP contribution is -2.32. The Morgan fingerprint density at radius 2 is 1.54 bits per heavy atom. The molecule has 2 amide bonds. The van der Waals surface area contributed by atoms with Crippen molar-refractivity contribution in [3.05, 3.63) is 28.8 Å². The minimum absolute atomic E-state index is 0.153. The molecule has 1 aromatic carbocycles. The summed E-state index contributed by atoms with van der Waals surface area (Å²) in [6.07, 6.45) is -1.13. The smallest absolute Gasteiger partial charge is 0.412 e. The molecule has 0 saturated carbocycles. The van der Waals surface area contributed by atoms with Crippen LogP contribution in [0.15, 0.2) is 18.2 Å². The zero-order valence-electron chi connectivity index (χ0n) is 15.0. The van der Waals surface area contributed by atoms with Gasteiger partial charge in [-0.1, -0.05) is 11.6 Å².